The van der Waals surface area contributed by atoms with Gasteiger partial charge in [-0.3, -0.25) is 4.31 Å². The summed E-state index contributed by atoms with van der Waals surface area (Å²) in [6.07, 6.45) is 3.65. The number of hydrogen-bond donors (Lipinski definition) is 2. The molecule has 1 unspecified atom stereocenters. The standard InChI is InChI=1S/C33H29Cl2N3O5S/c1-4-26(32-36-19-30(37-32)27-15-11-23(34)17-29(27)35)22-7-5-20(6-8-22)21-9-12-24(13-10-21)43-25-14-16-31(28(18-25)33(39)40)38(2)44(3,41)42/h5-19,26H,4H2,1-3H3,(H,36,37)(H,39,40). The molecular formula is C33H29Cl2N3O5S. The minimum Gasteiger partial charge on any atom is -0.478 e. The summed E-state index contributed by atoms with van der Waals surface area (Å²) < 4.78 is 30.7. The molecule has 44 heavy (non-hydrogen) atoms. The molecule has 1 aromatic heterocycles. The van der Waals surface area contributed by atoms with Gasteiger partial charge in [0.15, 0.2) is 0 Å². The van der Waals surface area contributed by atoms with E-state index in [0.29, 0.717) is 15.8 Å². The Labute approximate surface area is 265 Å². The summed E-state index contributed by atoms with van der Waals surface area (Å²) in [4.78, 5) is 19.9. The second kappa shape index (κ2) is 12.7. The highest BCUT2D eigenvalue weighted by Crippen LogP contribution is 2.34. The van der Waals surface area contributed by atoms with Crippen molar-refractivity contribution in [3.05, 3.63) is 118 Å². The normalized spacial score (nSPS) is 12.1. The van der Waals surface area contributed by atoms with Gasteiger partial charge >= 0.3 is 5.97 Å². The molecule has 8 nitrogen and oxygen atoms in total. The van der Waals surface area contributed by atoms with Gasteiger partial charge in [0.05, 0.1) is 34.4 Å². The number of ether oxygens (including phenoxy) is 1. The van der Waals surface area contributed by atoms with Gasteiger partial charge in [0.1, 0.15) is 17.3 Å². The number of carboxylic acids is 1. The fourth-order valence-electron chi connectivity index (χ4n) is 4.91. The number of nitrogens with zero attached hydrogens (tertiary/aromatic N) is 2. The smallest absolute Gasteiger partial charge is 0.337 e. The fraction of sp³-hybridized carbons (Fsp3) is 0.152. The third-order valence-electron chi connectivity index (χ3n) is 7.33. The Morgan fingerprint density at radius 2 is 1.59 bits per heavy atom. The van der Waals surface area contributed by atoms with Crippen molar-refractivity contribution in [2.24, 2.45) is 0 Å². The molecule has 0 radical (unpaired) electrons. The molecule has 11 heteroatoms. The van der Waals surface area contributed by atoms with Crippen LogP contribution in [-0.2, 0) is 10.0 Å². The van der Waals surface area contributed by atoms with Crippen LogP contribution in [0.15, 0.2) is 91.1 Å². The molecule has 1 atom stereocenters. The van der Waals surface area contributed by atoms with Gasteiger partial charge < -0.3 is 14.8 Å². The molecule has 0 bridgehead atoms. The van der Waals surface area contributed by atoms with Crippen molar-refractivity contribution in [2.45, 2.75) is 19.3 Å². The number of halogens is 2. The number of imidazole rings is 1. The Morgan fingerprint density at radius 3 is 2.18 bits per heavy atom. The van der Waals surface area contributed by atoms with E-state index in [2.05, 4.69) is 41.2 Å². The SMILES string of the molecule is CCC(c1ccc(-c2ccc(Oc3ccc(N(C)S(C)(=O)=O)c(C(=O)O)c3)cc2)cc1)c1ncc(-c2ccc(Cl)cc2Cl)[nH]1. The predicted octanol–water partition coefficient (Wildman–Crippen LogP) is 8.48. The van der Waals surface area contributed by atoms with Crippen LogP contribution in [0.5, 0.6) is 11.5 Å². The largest absolute Gasteiger partial charge is 0.478 e. The first-order valence-electron chi connectivity index (χ1n) is 13.6. The van der Waals surface area contributed by atoms with Gasteiger partial charge in [-0.15, -0.1) is 0 Å². The second-order valence-electron chi connectivity index (χ2n) is 10.2. The number of anilines is 1. The maximum absolute atomic E-state index is 11.9. The molecule has 0 fully saturated rings. The molecule has 5 rings (SSSR count). The molecule has 0 amide bonds. The number of carboxylic acid groups (broad SMARTS) is 1. The average Bonchev–Trinajstić information content (AvgIpc) is 3.47. The Kier molecular flexibility index (Phi) is 9.01. The maximum atomic E-state index is 11.9. The van der Waals surface area contributed by atoms with E-state index in [0.717, 1.165) is 50.8 Å². The lowest BCUT2D eigenvalue weighted by molar-refractivity contribution is 0.0697. The third kappa shape index (κ3) is 6.75. The number of nitrogens with one attached hydrogen (secondary N) is 1. The first kappa shape index (κ1) is 31.1. The molecule has 0 saturated heterocycles. The van der Waals surface area contributed by atoms with Crippen LogP contribution >= 0.6 is 23.2 Å². The van der Waals surface area contributed by atoms with Crippen LogP contribution in [0.4, 0.5) is 5.69 Å². The van der Waals surface area contributed by atoms with Crippen LogP contribution in [0, 0.1) is 0 Å². The van der Waals surface area contributed by atoms with E-state index >= 15 is 0 Å². The summed E-state index contributed by atoms with van der Waals surface area (Å²) in [6, 6.07) is 25.4. The molecule has 5 aromatic rings. The van der Waals surface area contributed by atoms with E-state index in [1.165, 1.54) is 25.2 Å². The zero-order chi connectivity index (χ0) is 31.6. The van der Waals surface area contributed by atoms with Gasteiger partial charge in [-0.2, -0.15) is 0 Å². The monoisotopic (exact) mass is 649 g/mol. The summed E-state index contributed by atoms with van der Waals surface area (Å²) in [5.74, 6) is 0.439. The highest BCUT2D eigenvalue weighted by molar-refractivity contribution is 7.92. The molecule has 0 aliphatic heterocycles. The van der Waals surface area contributed by atoms with E-state index in [1.807, 2.05) is 18.2 Å². The van der Waals surface area contributed by atoms with Crippen LogP contribution in [-0.4, -0.2) is 42.8 Å². The van der Waals surface area contributed by atoms with E-state index in [4.69, 9.17) is 27.9 Å². The third-order valence-corrected chi connectivity index (χ3v) is 9.07. The molecule has 226 valence electrons. The van der Waals surface area contributed by atoms with Crippen molar-refractivity contribution in [1.29, 1.82) is 0 Å². The molecule has 0 aliphatic carbocycles. The molecule has 0 spiro atoms. The summed E-state index contributed by atoms with van der Waals surface area (Å²) in [5.41, 5.74) is 4.66. The van der Waals surface area contributed by atoms with Crippen molar-refractivity contribution in [2.75, 3.05) is 17.6 Å². The summed E-state index contributed by atoms with van der Waals surface area (Å²) >= 11 is 12.4. The number of carbonyl (C=O) groups is 1. The van der Waals surface area contributed by atoms with Crippen molar-refractivity contribution in [3.63, 3.8) is 0 Å². The highest BCUT2D eigenvalue weighted by atomic mass is 35.5. The topological polar surface area (TPSA) is 113 Å². The number of aromatic carboxylic acids is 1. The zero-order valence-electron chi connectivity index (χ0n) is 24.1. The second-order valence-corrected chi connectivity index (χ2v) is 13.1. The van der Waals surface area contributed by atoms with Crippen LogP contribution in [0.1, 0.15) is 41.0 Å². The number of H-pyrrole nitrogens is 1. The van der Waals surface area contributed by atoms with E-state index in [9.17, 15) is 18.3 Å². The van der Waals surface area contributed by atoms with Gasteiger partial charge in [0, 0.05) is 23.6 Å². The Balaban J connectivity index is 1.31. The number of rotatable bonds is 10. The van der Waals surface area contributed by atoms with Gasteiger partial charge in [0.25, 0.3) is 0 Å². The Morgan fingerprint density at radius 1 is 0.955 bits per heavy atom. The average molecular weight is 651 g/mol. The number of aromatic amines is 1. The lowest BCUT2D eigenvalue weighted by Crippen LogP contribution is -2.26. The van der Waals surface area contributed by atoms with Crippen LogP contribution in [0.2, 0.25) is 10.0 Å². The summed E-state index contributed by atoms with van der Waals surface area (Å²) in [5, 5.41) is 10.8. The predicted molar refractivity (Wildman–Crippen MR) is 175 cm³/mol. The number of sulfonamides is 1. The molecule has 1 heterocycles. The van der Waals surface area contributed by atoms with Crippen LogP contribution < -0.4 is 9.04 Å². The summed E-state index contributed by atoms with van der Waals surface area (Å²) in [6.45, 7) is 2.12. The van der Waals surface area contributed by atoms with E-state index in [1.54, 1.807) is 30.5 Å². The minimum absolute atomic E-state index is 0.0508. The van der Waals surface area contributed by atoms with Crippen LogP contribution in [0.3, 0.4) is 0 Å². The highest BCUT2D eigenvalue weighted by Gasteiger charge is 2.21. The van der Waals surface area contributed by atoms with Crippen molar-refractivity contribution in [3.8, 4) is 33.9 Å². The van der Waals surface area contributed by atoms with Gasteiger partial charge in [-0.1, -0.05) is 66.5 Å². The quantitative estimate of drug-likeness (QED) is 0.157. The molecule has 2 N–H and O–H groups in total. The van der Waals surface area contributed by atoms with Crippen molar-refractivity contribution in [1.82, 2.24) is 9.97 Å². The first-order valence-corrected chi connectivity index (χ1v) is 16.2. The maximum Gasteiger partial charge on any atom is 0.337 e. The molecular weight excluding hydrogens is 621 g/mol. The molecule has 0 aliphatic rings. The Hall–Kier alpha value is -4.31. The van der Waals surface area contributed by atoms with Gasteiger partial charge in [0.2, 0.25) is 10.0 Å². The molecule has 4 aromatic carbocycles. The summed E-state index contributed by atoms with van der Waals surface area (Å²) in [7, 11) is -2.33. The zero-order valence-corrected chi connectivity index (χ0v) is 26.4. The first-order chi connectivity index (χ1) is 20.9. The lowest BCUT2D eigenvalue weighted by Gasteiger charge is -2.19. The van der Waals surface area contributed by atoms with E-state index in [-0.39, 0.29) is 22.9 Å². The van der Waals surface area contributed by atoms with Gasteiger partial charge in [-0.25, -0.2) is 18.2 Å². The lowest BCUT2D eigenvalue weighted by atomic mass is 9.93. The van der Waals surface area contributed by atoms with Crippen LogP contribution in [0.25, 0.3) is 22.4 Å². The number of hydrogen-bond acceptors (Lipinski definition) is 5. The van der Waals surface area contributed by atoms with Crippen molar-refractivity contribution >= 4 is 44.9 Å². The van der Waals surface area contributed by atoms with E-state index < -0.39 is 16.0 Å². The number of benzene rings is 4. The van der Waals surface area contributed by atoms with Gasteiger partial charge in [-0.05, 0) is 71.6 Å². The minimum atomic E-state index is -3.63. The number of aromatic nitrogens is 2. The van der Waals surface area contributed by atoms with Crippen molar-refractivity contribution < 1.29 is 23.1 Å². The fourth-order valence-corrected chi connectivity index (χ4v) is 5.93. The Bertz CT molecular complexity index is 1920. The molecule has 0 saturated carbocycles.